The summed E-state index contributed by atoms with van der Waals surface area (Å²) in [5.41, 5.74) is 3.04. The zero-order chi connectivity index (χ0) is 16.9. The van der Waals surface area contributed by atoms with Gasteiger partial charge in [0.05, 0.1) is 19.0 Å². The molecular formula is C18H16N2O4. The maximum atomic E-state index is 11.2. The quantitative estimate of drug-likeness (QED) is 0.705. The fourth-order valence-corrected chi connectivity index (χ4v) is 2.34. The van der Waals surface area contributed by atoms with Crippen molar-refractivity contribution in [1.82, 2.24) is 10.2 Å². The Balaban J connectivity index is 1.95. The zero-order valence-corrected chi connectivity index (χ0v) is 13.0. The van der Waals surface area contributed by atoms with Gasteiger partial charge in [0.15, 0.2) is 6.61 Å². The molecule has 2 N–H and O–H groups in total. The molecule has 0 atom stereocenters. The average Bonchev–Trinajstić information content (AvgIpc) is 3.11. The van der Waals surface area contributed by atoms with Gasteiger partial charge in [0.1, 0.15) is 11.5 Å². The smallest absolute Gasteiger partial charge is 0.343 e. The number of phenols is 1. The third kappa shape index (κ3) is 3.22. The summed E-state index contributed by atoms with van der Waals surface area (Å²) in [5, 5.41) is 17.2. The summed E-state index contributed by atoms with van der Waals surface area (Å²) in [6, 6.07) is 14.4. The van der Waals surface area contributed by atoms with E-state index in [1.54, 1.807) is 18.3 Å². The number of carbonyl (C=O) groups is 1. The van der Waals surface area contributed by atoms with E-state index in [9.17, 15) is 9.90 Å². The predicted molar refractivity (Wildman–Crippen MR) is 88.6 cm³/mol. The number of H-pyrrole nitrogens is 1. The molecule has 1 aromatic heterocycles. The Bertz CT molecular complexity index is 843. The van der Waals surface area contributed by atoms with Crippen molar-refractivity contribution >= 4 is 5.97 Å². The summed E-state index contributed by atoms with van der Waals surface area (Å²) in [6.07, 6.45) is 1.64. The van der Waals surface area contributed by atoms with E-state index in [2.05, 4.69) is 14.9 Å². The summed E-state index contributed by atoms with van der Waals surface area (Å²) < 4.78 is 9.93. The van der Waals surface area contributed by atoms with E-state index < -0.39 is 5.97 Å². The highest BCUT2D eigenvalue weighted by molar-refractivity contribution is 5.83. The van der Waals surface area contributed by atoms with Gasteiger partial charge in [-0.25, -0.2) is 4.79 Å². The fraction of sp³-hybridized carbons (Fsp3) is 0.111. The highest BCUT2D eigenvalue weighted by Gasteiger charge is 2.14. The van der Waals surface area contributed by atoms with Crippen LogP contribution >= 0.6 is 0 Å². The molecule has 24 heavy (non-hydrogen) atoms. The van der Waals surface area contributed by atoms with Gasteiger partial charge in [0.25, 0.3) is 0 Å². The molecule has 6 heteroatoms. The van der Waals surface area contributed by atoms with Crippen molar-refractivity contribution in [3.63, 3.8) is 0 Å². The number of phenolic OH excluding ortho intramolecular Hbond substituents is 1. The van der Waals surface area contributed by atoms with E-state index in [0.29, 0.717) is 11.3 Å². The van der Waals surface area contributed by atoms with E-state index >= 15 is 0 Å². The molecule has 0 aliphatic rings. The number of carbonyl (C=O) groups excluding carboxylic acids is 1. The normalized spacial score (nSPS) is 10.4. The Morgan fingerprint density at radius 3 is 2.71 bits per heavy atom. The molecule has 0 saturated carbocycles. The van der Waals surface area contributed by atoms with Crippen LogP contribution in [0.3, 0.4) is 0 Å². The van der Waals surface area contributed by atoms with Crippen molar-refractivity contribution in [3.8, 4) is 33.9 Å². The van der Waals surface area contributed by atoms with Crippen LogP contribution in [0.15, 0.2) is 54.7 Å². The molecule has 0 amide bonds. The van der Waals surface area contributed by atoms with Gasteiger partial charge in [0, 0.05) is 16.7 Å². The first-order valence-corrected chi connectivity index (χ1v) is 7.31. The lowest BCUT2D eigenvalue weighted by atomic mass is 10.0. The Hall–Kier alpha value is -3.28. The number of aromatic amines is 1. The van der Waals surface area contributed by atoms with Crippen molar-refractivity contribution in [1.29, 1.82) is 0 Å². The first kappa shape index (κ1) is 15.6. The zero-order valence-electron chi connectivity index (χ0n) is 13.0. The SMILES string of the molecule is COC(=O)COc1ccc(O)c(-c2cn[nH]c2-c2ccccc2)c1. The average molecular weight is 324 g/mol. The molecule has 0 aliphatic heterocycles. The monoisotopic (exact) mass is 324 g/mol. The summed E-state index contributed by atoms with van der Waals surface area (Å²) in [4.78, 5) is 11.2. The van der Waals surface area contributed by atoms with Crippen LogP contribution in [0.5, 0.6) is 11.5 Å². The molecule has 3 rings (SSSR count). The third-order valence-electron chi connectivity index (χ3n) is 3.54. The van der Waals surface area contributed by atoms with E-state index in [-0.39, 0.29) is 12.4 Å². The molecule has 1 heterocycles. The number of nitrogens with one attached hydrogen (secondary N) is 1. The van der Waals surface area contributed by atoms with E-state index in [1.807, 2.05) is 30.3 Å². The van der Waals surface area contributed by atoms with Crippen LogP contribution in [0.1, 0.15) is 0 Å². The van der Waals surface area contributed by atoms with E-state index in [0.717, 1.165) is 16.8 Å². The lowest BCUT2D eigenvalue weighted by Crippen LogP contribution is -2.12. The summed E-state index contributed by atoms with van der Waals surface area (Å²) in [6.45, 7) is -0.197. The molecule has 2 aromatic carbocycles. The molecule has 0 aliphatic carbocycles. The minimum absolute atomic E-state index is 0.0963. The van der Waals surface area contributed by atoms with Crippen molar-refractivity contribution in [2.45, 2.75) is 0 Å². The number of rotatable bonds is 5. The van der Waals surface area contributed by atoms with Gasteiger partial charge in [0.2, 0.25) is 0 Å². The topological polar surface area (TPSA) is 84.4 Å². The second-order valence-corrected chi connectivity index (χ2v) is 5.07. The highest BCUT2D eigenvalue weighted by Crippen LogP contribution is 2.37. The van der Waals surface area contributed by atoms with Gasteiger partial charge in [-0.15, -0.1) is 0 Å². The number of nitrogens with zero attached hydrogens (tertiary/aromatic N) is 1. The molecule has 122 valence electrons. The molecule has 6 nitrogen and oxygen atoms in total. The third-order valence-corrected chi connectivity index (χ3v) is 3.54. The predicted octanol–water partition coefficient (Wildman–Crippen LogP) is 3.00. The number of esters is 1. The van der Waals surface area contributed by atoms with Crippen LogP contribution in [0.4, 0.5) is 0 Å². The van der Waals surface area contributed by atoms with Gasteiger partial charge in [-0.2, -0.15) is 5.10 Å². The summed E-state index contributed by atoms with van der Waals surface area (Å²) >= 11 is 0. The molecule has 0 bridgehead atoms. The second-order valence-electron chi connectivity index (χ2n) is 5.07. The van der Waals surface area contributed by atoms with Gasteiger partial charge in [-0.3, -0.25) is 5.10 Å². The van der Waals surface area contributed by atoms with Crippen LogP contribution < -0.4 is 4.74 Å². The highest BCUT2D eigenvalue weighted by atomic mass is 16.6. The largest absolute Gasteiger partial charge is 0.507 e. The molecule has 0 spiro atoms. The fourth-order valence-electron chi connectivity index (χ4n) is 2.34. The Morgan fingerprint density at radius 1 is 1.17 bits per heavy atom. The van der Waals surface area contributed by atoms with Crippen LogP contribution in [-0.2, 0) is 9.53 Å². The van der Waals surface area contributed by atoms with Crippen LogP contribution in [0.25, 0.3) is 22.4 Å². The van der Waals surface area contributed by atoms with E-state index in [4.69, 9.17) is 4.74 Å². The first-order valence-electron chi connectivity index (χ1n) is 7.31. The number of hydrogen-bond acceptors (Lipinski definition) is 5. The van der Waals surface area contributed by atoms with Gasteiger partial charge in [-0.1, -0.05) is 30.3 Å². The standard InChI is InChI=1S/C18H16N2O4/c1-23-17(22)11-24-13-7-8-16(21)14(9-13)15-10-19-20-18(15)12-5-3-2-4-6-12/h2-10,21H,11H2,1H3,(H,19,20). The van der Waals surface area contributed by atoms with Crippen molar-refractivity contribution in [2.24, 2.45) is 0 Å². The number of ether oxygens (including phenoxy) is 2. The van der Waals surface area contributed by atoms with Crippen molar-refractivity contribution in [3.05, 3.63) is 54.7 Å². The van der Waals surface area contributed by atoms with Gasteiger partial charge < -0.3 is 14.6 Å². The summed E-state index contributed by atoms with van der Waals surface area (Å²) in [5.74, 6) is 0.0744. The maximum absolute atomic E-state index is 11.2. The number of hydrogen-bond donors (Lipinski definition) is 2. The maximum Gasteiger partial charge on any atom is 0.343 e. The molecule has 0 saturated heterocycles. The molecule has 0 radical (unpaired) electrons. The number of benzene rings is 2. The van der Waals surface area contributed by atoms with Gasteiger partial charge in [-0.05, 0) is 18.2 Å². The Morgan fingerprint density at radius 2 is 1.96 bits per heavy atom. The summed E-state index contributed by atoms with van der Waals surface area (Å²) in [7, 11) is 1.30. The minimum atomic E-state index is -0.474. The van der Waals surface area contributed by atoms with Crippen LogP contribution in [0, 0.1) is 0 Å². The number of methoxy groups -OCH3 is 1. The van der Waals surface area contributed by atoms with Crippen LogP contribution in [0.2, 0.25) is 0 Å². The van der Waals surface area contributed by atoms with Crippen molar-refractivity contribution in [2.75, 3.05) is 13.7 Å². The minimum Gasteiger partial charge on any atom is -0.507 e. The van der Waals surface area contributed by atoms with Gasteiger partial charge >= 0.3 is 5.97 Å². The van der Waals surface area contributed by atoms with Crippen LogP contribution in [-0.4, -0.2) is 35.0 Å². The van der Waals surface area contributed by atoms with E-state index in [1.165, 1.54) is 13.2 Å². The molecular weight excluding hydrogens is 308 g/mol. The lowest BCUT2D eigenvalue weighted by molar-refractivity contribution is -0.142. The lowest BCUT2D eigenvalue weighted by Gasteiger charge is -2.09. The number of aromatic nitrogens is 2. The first-order chi connectivity index (χ1) is 11.7. The molecule has 0 unspecified atom stereocenters. The second kappa shape index (κ2) is 6.87. The van der Waals surface area contributed by atoms with Crippen molar-refractivity contribution < 1.29 is 19.4 Å². The molecule has 3 aromatic rings. The Kier molecular flexibility index (Phi) is 4.47. The Labute approximate surface area is 138 Å². The molecule has 0 fully saturated rings. The number of aromatic hydroxyl groups is 1.